The fourth-order valence-electron chi connectivity index (χ4n) is 1.63. The molecule has 1 aromatic rings. The predicted molar refractivity (Wildman–Crippen MR) is 71.1 cm³/mol. The Morgan fingerprint density at radius 3 is 2.76 bits per heavy atom. The highest BCUT2D eigenvalue weighted by Crippen LogP contribution is 2.12. The van der Waals surface area contributed by atoms with E-state index in [1.54, 1.807) is 0 Å². The van der Waals surface area contributed by atoms with E-state index in [1.807, 2.05) is 38.1 Å². The van der Waals surface area contributed by atoms with Crippen LogP contribution in [0.15, 0.2) is 24.3 Å². The number of hydrogen-bond donors (Lipinski definition) is 1. The Kier molecular flexibility index (Phi) is 6.01. The summed E-state index contributed by atoms with van der Waals surface area (Å²) in [7, 11) is 0. The summed E-state index contributed by atoms with van der Waals surface area (Å²) < 4.78 is 0. The van der Waals surface area contributed by atoms with Gasteiger partial charge in [-0.2, -0.15) is 0 Å². The summed E-state index contributed by atoms with van der Waals surface area (Å²) >= 11 is 5.93. The lowest BCUT2D eigenvalue weighted by atomic mass is 10.2. The molecule has 0 atom stereocenters. The van der Waals surface area contributed by atoms with E-state index < -0.39 is 0 Å². The second kappa shape index (κ2) is 7.30. The third-order valence-corrected chi connectivity index (χ3v) is 2.72. The van der Waals surface area contributed by atoms with Gasteiger partial charge in [-0.05, 0) is 31.2 Å². The Labute approximate surface area is 108 Å². The van der Waals surface area contributed by atoms with E-state index in [9.17, 15) is 4.79 Å². The SMILES string of the molecule is CCNC(=O)CN(CC)Cc1cccc(Cl)c1. The predicted octanol–water partition coefficient (Wildman–Crippen LogP) is 2.30. The lowest BCUT2D eigenvalue weighted by Gasteiger charge is -2.19. The molecule has 0 saturated carbocycles. The van der Waals surface area contributed by atoms with Gasteiger partial charge in [-0.1, -0.05) is 30.7 Å². The second-order valence-corrected chi connectivity index (χ2v) is 4.32. The summed E-state index contributed by atoms with van der Waals surface area (Å²) in [6.07, 6.45) is 0. The highest BCUT2D eigenvalue weighted by molar-refractivity contribution is 6.30. The number of likely N-dealkylation sites (N-methyl/N-ethyl adjacent to an activating group) is 2. The quantitative estimate of drug-likeness (QED) is 0.845. The van der Waals surface area contributed by atoms with E-state index in [2.05, 4.69) is 10.2 Å². The molecular formula is C13H19ClN2O. The Morgan fingerprint density at radius 2 is 2.18 bits per heavy atom. The summed E-state index contributed by atoms with van der Waals surface area (Å²) in [6.45, 7) is 6.65. The molecule has 0 heterocycles. The van der Waals surface area contributed by atoms with Crippen LogP contribution in [0.2, 0.25) is 5.02 Å². The van der Waals surface area contributed by atoms with Crippen molar-refractivity contribution in [3.8, 4) is 0 Å². The van der Waals surface area contributed by atoms with Gasteiger partial charge in [0.15, 0.2) is 0 Å². The highest BCUT2D eigenvalue weighted by atomic mass is 35.5. The number of carbonyl (C=O) groups is 1. The fraction of sp³-hybridized carbons (Fsp3) is 0.462. The molecule has 1 aromatic carbocycles. The van der Waals surface area contributed by atoms with E-state index >= 15 is 0 Å². The largest absolute Gasteiger partial charge is 0.355 e. The van der Waals surface area contributed by atoms with Crippen LogP contribution in [-0.4, -0.2) is 30.4 Å². The zero-order chi connectivity index (χ0) is 12.7. The Hall–Kier alpha value is -1.06. The first-order chi connectivity index (χ1) is 8.15. The average molecular weight is 255 g/mol. The minimum absolute atomic E-state index is 0.0661. The zero-order valence-corrected chi connectivity index (χ0v) is 11.1. The molecule has 0 aliphatic rings. The fourth-order valence-corrected chi connectivity index (χ4v) is 1.84. The van der Waals surface area contributed by atoms with Gasteiger partial charge in [0.1, 0.15) is 0 Å². The number of carbonyl (C=O) groups excluding carboxylic acids is 1. The van der Waals surface area contributed by atoms with E-state index in [-0.39, 0.29) is 5.91 Å². The van der Waals surface area contributed by atoms with Gasteiger partial charge in [0.05, 0.1) is 6.54 Å². The summed E-state index contributed by atoms with van der Waals surface area (Å²) in [5.41, 5.74) is 1.13. The van der Waals surface area contributed by atoms with E-state index in [0.717, 1.165) is 23.7 Å². The van der Waals surface area contributed by atoms with Crippen molar-refractivity contribution in [2.24, 2.45) is 0 Å². The van der Waals surface area contributed by atoms with Crippen LogP contribution in [0.3, 0.4) is 0 Å². The Balaban J connectivity index is 2.54. The van der Waals surface area contributed by atoms with Crippen LogP contribution in [0.4, 0.5) is 0 Å². The first kappa shape index (κ1) is 14.0. The van der Waals surface area contributed by atoms with Crippen LogP contribution in [0.5, 0.6) is 0 Å². The Morgan fingerprint density at radius 1 is 1.41 bits per heavy atom. The molecule has 0 saturated heterocycles. The maximum absolute atomic E-state index is 11.5. The molecule has 0 aliphatic carbocycles. The number of halogens is 1. The molecule has 17 heavy (non-hydrogen) atoms. The van der Waals surface area contributed by atoms with Crippen molar-refractivity contribution in [3.63, 3.8) is 0 Å². The van der Waals surface area contributed by atoms with Crippen molar-refractivity contribution in [1.29, 1.82) is 0 Å². The van der Waals surface area contributed by atoms with Crippen molar-refractivity contribution in [1.82, 2.24) is 10.2 Å². The van der Waals surface area contributed by atoms with Crippen LogP contribution < -0.4 is 5.32 Å². The maximum Gasteiger partial charge on any atom is 0.234 e. The van der Waals surface area contributed by atoms with Crippen LogP contribution in [-0.2, 0) is 11.3 Å². The topological polar surface area (TPSA) is 32.3 Å². The summed E-state index contributed by atoms with van der Waals surface area (Å²) in [5.74, 6) is 0.0661. The molecule has 0 spiro atoms. The molecule has 3 nitrogen and oxygen atoms in total. The molecule has 94 valence electrons. The number of hydrogen-bond acceptors (Lipinski definition) is 2. The first-order valence-corrected chi connectivity index (χ1v) is 6.27. The molecule has 4 heteroatoms. The van der Waals surface area contributed by atoms with Crippen LogP contribution in [0.25, 0.3) is 0 Å². The smallest absolute Gasteiger partial charge is 0.234 e. The van der Waals surface area contributed by atoms with Crippen LogP contribution in [0, 0.1) is 0 Å². The van der Waals surface area contributed by atoms with Crippen molar-refractivity contribution in [3.05, 3.63) is 34.9 Å². The van der Waals surface area contributed by atoms with Crippen molar-refractivity contribution in [2.75, 3.05) is 19.6 Å². The van der Waals surface area contributed by atoms with Gasteiger partial charge in [-0.25, -0.2) is 0 Å². The van der Waals surface area contributed by atoms with Gasteiger partial charge in [0, 0.05) is 18.1 Å². The number of benzene rings is 1. The number of amides is 1. The number of nitrogens with zero attached hydrogens (tertiary/aromatic N) is 1. The van der Waals surface area contributed by atoms with Crippen molar-refractivity contribution >= 4 is 17.5 Å². The van der Waals surface area contributed by atoms with E-state index in [4.69, 9.17) is 11.6 Å². The van der Waals surface area contributed by atoms with Gasteiger partial charge < -0.3 is 5.32 Å². The number of rotatable bonds is 6. The second-order valence-electron chi connectivity index (χ2n) is 3.89. The lowest BCUT2D eigenvalue weighted by Crippen LogP contribution is -2.36. The molecule has 1 N–H and O–H groups in total. The minimum atomic E-state index is 0.0661. The maximum atomic E-state index is 11.5. The average Bonchev–Trinajstić information content (AvgIpc) is 2.28. The summed E-state index contributed by atoms with van der Waals surface area (Å²) in [4.78, 5) is 13.6. The van der Waals surface area contributed by atoms with Gasteiger partial charge >= 0.3 is 0 Å². The molecule has 0 aromatic heterocycles. The lowest BCUT2D eigenvalue weighted by molar-refractivity contribution is -0.122. The summed E-state index contributed by atoms with van der Waals surface area (Å²) in [5, 5.41) is 3.53. The first-order valence-electron chi connectivity index (χ1n) is 5.89. The van der Waals surface area contributed by atoms with Gasteiger partial charge in [-0.15, -0.1) is 0 Å². The third-order valence-electron chi connectivity index (χ3n) is 2.48. The molecular weight excluding hydrogens is 236 g/mol. The Bertz CT molecular complexity index is 368. The molecule has 1 rings (SSSR count). The normalized spacial score (nSPS) is 10.6. The summed E-state index contributed by atoms with van der Waals surface area (Å²) in [6, 6.07) is 7.73. The highest BCUT2D eigenvalue weighted by Gasteiger charge is 2.08. The standard InChI is InChI=1S/C13H19ClN2O/c1-3-15-13(17)10-16(4-2)9-11-6-5-7-12(14)8-11/h5-8H,3-4,9-10H2,1-2H3,(H,15,17). The minimum Gasteiger partial charge on any atom is -0.355 e. The van der Waals surface area contributed by atoms with Gasteiger partial charge in [0.25, 0.3) is 0 Å². The van der Waals surface area contributed by atoms with Crippen molar-refractivity contribution < 1.29 is 4.79 Å². The molecule has 0 radical (unpaired) electrons. The third kappa shape index (κ3) is 5.20. The van der Waals surface area contributed by atoms with E-state index in [0.29, 0.717) is 13.1 Å². The van der Waals surface area contributed by atoms with Crippen LogP contribution >= 0.6 is 11.6 Å². The molecule has 1 amide bonds. The zero-order valence-electron chi connectivity index (χ0n) is 10.4. The molecule has 0 unspecified atom stereocenters. The number of nitrogens with one attached hydrogen (secondary N) is 1. The van der Waals surface area contributed by atoms with Gasteiger partial charge in [-0.3, -0.25) is 9.69 Å². The molecule has 0 aliphatic heterocycles. The van der Waals surface area contributed by atoms with Crippen LogP contribution in [0.1, 0.15) is 19.4 Å². The van der Waals surface area contributed by atoms with E-state index in [1.165, 1.54) is 0 Å². The molecule has 0 bridgehead atoms. The van der Waals surface area contributed by atoms with Crippen molar-refractivity contribution in [2.45, 2.75) is 20.4 Å². The molecule has 0 fully saturated rings. The van der Waals surface area contributed by atoms with Gasteiger partial charge in [0.2, 0.25) is 5.91 Å². The monoisotopic (exact) mass is 254 g/mol.